The Kier molecular flexibility index (Phi) is 4.52. The first-order chi connectivity index (χ1) is 10.2. The number of nitrogens with one attached hydrogen (secondary N) is 2. The summed E-state index contributed by atoms with van der Waals surface area (Å²) in [6, 6.07) is 2.78. The van der Waals surface area contributed by atoms with Crippen LogP contribution in [0.3, 0.4) is 0 Å². The molecule has 22 heavy (non-hydrogen) atoms. The van der Waals surface area contributed by atoms with E-state index in [0.29, 0.717) is 23.0 Å². The van der Waals surface area contributed by atoms with Gasteiger partial charge in [-0.3, -0.25) is 5.10 Å². The Balaban J connectivity index is 2.34. The molecule has 0 saturated carbocycles. The molecule has 8 heteroatoms. The van der Waals surface area contributed by atoms with Crippen molar-refractivity contribution in [2.45, 2.75) is 38.6 Å². The van der Waals surface area contributed by atoms with E-state index in [1.165, 1.54) is 13.2 Å². The van der Waals surface area contributed by atoms with Crippen LogP contribution in [0.25, 0.3) is 0 Å². The molecule has 0 aliphatic heterocycles. The Bertz CT molecular complexity index is 783. The minimum absolute atomic E-state index is 0.189. The first-order valence-corrected chi connectivity index (χ1v) is 8.29. The minimum Gasteiger partial charge on any atom is -0.496 e. The summed E-state index contributed by atoms with van der Waals surface area (Å²) < 4.78 is 33.0. The number of aryl methyl sites for hydroxylation is 3. The SMILES string of the molecule is COc1cc(S(=O)(=O)N[C@H](C)c2n[nH]c(C)n2)c(C)cc1C. The quantitative estimate of drug-likeness (QED) is 0.874. The molecule has 2 N–H and O–H groups in total. The van der Waals surface area contributed by atoms with Gasteiger partial charge in [0.25, 0.3) is 0 Å². The van der Waals surface area contributed by atoms with Crippen LogP contribution in [0.15, 0.2) is 17.0 Å². The topological polar surface area (TPSA) is 97.0 Å². The fraction of sp³-hybridized carbons (Fsp3) is 0.429. The van der Waals surface area contributed by atoms with Crippen molar-refractivity contribution < 1.29 is 13.2 Å². The number of hydrogen-bond acceptors (Lipinski definition) is 5. The molecular weight excluding hydrogens is 304 g/mol. The van der Waals surface area contributed by atoms with E-state index in [0.717, 1.165) is 5.56 Å². The zero-order valence-electron chi connectivity index (χ0n) is 13.3. The summed E-state index contributed by atoms with van der Waals surface area (Å²) in [6.45, 7) is 7.07. The monoisotopic (exact) mass is 324 g/mol. The molecule has 0 saturated heterocycles. The van der Waals surface area contributed by atoms with Gasteiger partial charge in [0.1, 0.15) is 11.6 Å². The van der Waals surface area contributed by atoms with E-state index in [4.69, 9.17) is 4.74 Å². The van der Waals surface area contributed by atoms with Crippen molar-refractivity contribution >= 4 is 10.0 Å². The van der Waals surface area contributed by atoms with E-state index in [9.17, 15) is 8.42 Å². The number of methoxy groups -OCH3 is 1. The van der Waals surface area contributed by atoms with Crippen LogP contribution in [0.5, 0.6) is 5.75 Å². The summed E-state index contributed by atoms with van der Waals surface area (Å²) in [5.41, 5.74) is 1.54. The number of nitrogens with zero attached hydrogens (tertiary/aromatic N) is 2. The maximum absolute atomic E-state index is 12.6. The number of hydrogen-bond donors (Lipinski definition) is 2. The summed E-state index contributed by atoms with van der Waals surface area (Å²) in [6.07, 6.45) is 0. The molecule has 0 spiro atoms. The van der Waals surface area contributed by atoms with E-state index in [1.54, 1.807) is 26.8 Å². The highest BCUT2D eigenvalue weighted by molar-refractivity contribution is 7.89. The van der Waals surface area contributed by atoms with E-state index in [-0.39, 0.29) is 4.90 Å². The Morgan fingerprint density at radius 3 is 2.45 bits per heavy atom. The van der Waals surface area contributed by atoms with E-state index in [2.05, 4.69) is 19.9 Å². The van der Waals surface area contributed by atoms with Gasteiger partial charge in [-0.1, -0.05) is 6.07 Å². The molecule has 0 bridgehead atoms. The fourth-order valence-electron chi connectivity index (χ4n) is 2.23. The van der Waals surface area contributed by atoms with Crippen molar-refractivity contribution in [3.8, 4) is 5.75 Å². The number of benzene rings is 1. The summed E-state index contributed by atoms with van der Waals surface area (Å²) >= 11 is 0. The number of H-pyrrole nitrogens is 1. The lowest BCUT2D eigenvalue weighted by molar-refractivity contribution is 0.410. The van der Waals surface area contributed by atoms with Gasteiger partial charge < -0.3 is 4.74 Å². The highest BCUT2D eigenvalue weighted by Gasteiger charge is 2.23. The highest BCUT2D eigenvalue weighted by Crippen LogP contribution is 2.26. The number of ether oxygens (including phenoxy) is 1. The molecular formula is C14H20N4O3S. The molecule has 7 nitrogen and oxygen atoms in total. The maximum Gasteiger partial charge on any atom is 0.241 e. The third kappa shape index (κ3) is 3.28. The van der Waals surface area contributed by atoms with Gasteiger partial charge in [-0.2, -0.15) is 5.10 Å². The van der Waals surface area contributed by atoms with Gasteiger partial charge in [0.05, 0.1) is 18.0 Å². The Morgan fingerprint density at radius 1 is 1.23 bits per heavy atom. The number of aromatic amines is 1. The molecule has 0 amide bonds. The molecule has 1 atom stereocenters. The summed E-state index contributed by atoms with van der Waals surface area (Å²) in [5, 5.41) is 6.67. The van der Waals surface area contributed by atoms with Gasteiger partial charge in [0.15, 0.2) is 5.82 Å². The molecule has 1 aromatic heterocycles. The van der Waals surface area contributed by atoms with Gasteiger partial charge in [-0.15, -0.1) is 0 Å². The van der Waals surface area contributed by atoms with Crippen LogP contribution >= 0.6 is 0 Å². The molecule has 1 heterocycles. The Labute approximate surface area is 130 Å². The predicted octanol–water partition coefficient (Wildman–Crippen LogP) is 1.78. The van der Waals surface area contributed by atoms with Crippen LogP contribution in [0.2, 0.25) is 0 Å². The molecule has 0 fully saturated rings. The number of aromatic nitrogens is 3. The summed E-state index contributed by atoms with van der Waals surface area (Å²) in [4.78, 5) is 4.33. The van der Waals surface area contributed by atoms with Crippen molar-refractivity contribution in [3.63, 3.8) is 0 Å². The van der Waals surface area contributed by atoms with Crippen molar-refractivity contribution in [1.29, 1.82) is 0 Å². The van der Waals surface area contributed by atoms with Crippen molar-refractivity contribution in [1.82, 2.24) is 19.9 Å². The maximum atomic E-state index is 12.6. The highest BCUT2D eigenvalue weighted by atomic mass is 32.2. The normalized spacial score (nSPS) is 13.1. The first kappa shape index (κ1) is 16.4. The summed E-state index contributed by atoms with van der Waals surface area (Å²) in [7, 11) is -2.19. The largest absolute Gasteiger partial charge is 0.496 e. The second kappa shape index (κ2) is 6.05. The molecule has 0 aliphatic carbocycles. The Morgan fingerprint density at radius 2 is 1.91 bits per heavy atom. The van der Waals surface area contributed by atoms with Crippen LogP contribution in [0, 0.1) is 20.8 Å². The summed E-state index contributed by atoms with van der Waals surface area (Å²) in [5.74, 6) is 1.57. The lowest BCUT2D eigenvalue weighted by atomic mass is 10.1. The Hall–Kier alpha value is -1.93. The van der Waals surface area contributed by atoms with Crippen molar-refractivity contribution in [2.75, 3.05) is 7.11 Å². The lowest BCUT2D eigenvalue weighted by Gasteiger charge is -2.15. The zero-order chi connectivity index (χ0) is 16.5. The van der Waals surface area contributed by atoms with Gasteiger partial charge >= 0.3 is 0 Å². The van der Waals surface area contributed by atoms with Gasteiger partial charge in [0.2, 0.25) is 10.0 Å². The standard InChI is InChI=1S/C14H20N4O3S/c1-8-6-9(2)13(7-12(8)21-5)22(19,20)18-10(3)14-15-11(4)16-17-14/h6-7,10,18H,1-5H3,(H,15,16,17)/t10-/m1/s1. The number of sulfonamides is 1. The van der Waals surface area contributed by atoms with Crippen LogP contribution in [-0.4, -0.2) is 30.7 Å². The van der Waals surface area contributed by atoms with Gasteiger partial charge in [-0.05, 0) is 38.8 Å². The van der Waals surface area contributed by atoms with Crippen molar-refractivity contribution in [2.24, 2.45) is 0 Å². The van der Waals surface area contributed by atoms with Crippen molar-refractivity contribution in [3.05, 3.63) is 34.9 Å². The van der Waals surface area contributed by atoms with Crippen LogP contribution in [0.1, 0.15) is 35.7 Å². The van der Waals surface area contributed by atoms with E-state index < -0.39 is 16.1 Å². The van der Waals surface area contributed by atoms with Gasteiger partial charge in [0, 0.05) is 6.07 Å². The third-order valence-electron chi connectivity index (χ3n) is 3.32. The van der Waals surface area contributed by atoms with Crippen LogP contribution < -0.4 is 9.46 Å². The van der Waals surface area contributed by atoms with Crippen LogP contribution in [0.4, 0.5) is 0 Å². The fourth-order valence-corrected chi connectivity index (χ4v) is 3.67. The zero-order valence-corrected chi connectivity index (χ0v) is 14.1. The lowest BCUT2D eigenvalue weighted by Crippen LogP contribution is -2.28. The number of rotatable bonds is 5. The molecule has 120 valence electrons. The smallest absolute Gasteiger partial charge is 0.241 e. The molecule has 0 aliphatic rings. The van der Waals surface area contributed by atoms with E-state index >= 15 is 0 Å². The molecule has 0 unspecified atom stereocenters. The average molecular weight is 324 g/mol. The first-order valence-electron chi connectivity index (χ1n) is 6.81. The molecule has 2 aromatic rings. The third-order valence-corrected chi connectivity index (χ3v) is 5.00. The van der Waals surface area contributed by atoms with Gasteiger partial charge in [-0.25, -0.2) is 18.1 Å². The van der Waals surface area contributed by atoms with Crippen LogP contribution in [-0.2, 0) is 10.0 Å². The van der Waals surface area contributed by atoms with E-state index in [1.807, 2.05) is 6.92 Å². The average Bonchev–Trinajstić information content (AvgIpc) is 2.85. The molecule has 0 radical (unpaired) electrons. The minimum atomic E-state index is -3.70. The predicted molar refractivity (Wildman–Crippen MR) is 82.3 cm³/mol. The second-order valence-corrected chi connectivity index (χ2v) is 6.89. The molecule has 1 aromatic carbocycles. The second-order valence-electron chi connectivity index (χ2n) is 5.21. The molecule has 2 rings (SSSR count).